The molecule has 2 N–H and O–H groups in total. The van der Waals surface area contributed by atoms with Crippen molar-refractivity contribution in [3.8, 4) is 5.75 Å². The van der Waals surface area contributed by atoms with Crippen molar-refractivity contribution < 1.29 is 9.53 Å². The van der Waals surface area contributed by atoms with Crippen molar-refractivity contribution >= 4 is 11.5 Å². The normalized spacial score (nSPS) is 13.3. The van der Waals surface area contributed by atoms with E-state index in [0.717, 1.165) is 47.4 Å². The van der Waals surface area contributed by atoms with E-state index in [4.69, 9.17) is 10.5 Å². The minimum Gasteiger partial charge on any atom is -0.493 e. The Balaban J connectivity index is 1.72. The molecule has 0 aliphatic carbocycles. The summed E-state index contributed by atoms with van der Waals surface area (Å²) in [4.78, 5) is 12.5. The summed E-state index contributed by atoms with van der Waals surface area (Å²) in [5.74, 6) is 0.941. The van der Waals surface area contributed by atoms with Crippen LogP contribution in [0.5, 0.6) is 5.75 Å². The monoisotopic (exact) mass is 281 g/mol. The highest BCUT2D eigenvalue weighted by Gasteiger charge is 2.18. The molecule has 0 saturated heterocycles. The van der Waals surface area contributed by atoms with E-state index in [0.29, 0.717) is 13.0 Å². The average Bonchev–Trinajstić information content (AvgIpc) is 2.53. The van der Waals surface area contributed by atoms with E-state index in [1.807, 2.05) is 42.5 Å². The van der Waals surface area contributed by atoms with E-state index >= 15 is 0 Å². The number of carbonyl (C=O) groups excluding carboxylic acids is 1. The minimum atomic E-state index is 0.144. The fourth-order valence-electron chi connectivity index (χ4n) is 2.69. The van der Waals surface area contributed by atoms with Crippen molar-refractivity contribution in [2.75, 3.05) is 12.3 Å². The molecule has 0 amide bonds. The number of carbonyl (C=O) groups is 1. The predicted molar refractivity (Wildman–Crippen MR) is 83.8 cm³/mol. The Kier molecular flexibility index (Phi) is 3.91. The second-order valence-electron chi connectivity index (χ2n) is 5.41. The number of nitrogen functional groups attached to an aromatic ring is 1. The van der Waals surface area contributed by atoms with Gasteiger partial charge in [-0.1, -0.05) is 24.3 Å². The molecular weight excluding hydrogens is 262 g/mol. The van der Waals surface area contributed by atoms with E-state index in [2.05, 4.69) is 0 Å². The molecule has 2 aromatic carbocycles. The molecular formula is C18H19NO2. The van der Waals surface area contributed by atoms with Gasteiger partial charge in [0.05, 0.1) is 12.2 Å². The fraction of sp³-hybridized carbons (Fsp3) is 0.278. The zero-order valence-electron chi connectivity index (χ0n) is 12.0. The van der Waals surface area contributed by atoms with Crippen LogP contribution in [-0.2, 0) is 12.8 Å². The van der Waals surface area contributed by atoms with Crippen LogP contribution in [-0.4, -0.2) is 12.4 Å². The van der Waals surface area contributed by atoms with Crippen molar-refractivity contribution in [3.63, 3.8) is 0 Å². The van der Waals surface area contributed by atoms with Crippen LogP contribution in [0.15, 0.2) is 42.5 Å². The second kappa shape index (κ2) is 6.00. The van der Waals surface area contributed by atoms with E-state index < -0.39 is 0 Å². The Hall–Kier alpha value is -2.29. The Morgan fingerprint density at radius 3 is 2.76 bits per heavy atom. The number of rotatable bonds is 4. The Labute approximate surface area is 124 Å². The molecule has 0 unspecified atom stereocenters. The van der Waals surface area contributed by atoms with Crippen LogP contribution in [0.1, 0.15) is 34.3 Å². The first kappa shape index (κ1) is 13.7. The lowest BCUT2D eigenvalue weighted by Gasteiger charge is -2.19. The lowest BCUT2D eigenvalue weighted by Crippen LogP contribution is -2.13. The molecule has 3 heteroatoms. The number of fused-ring (bicyclic) bond motifs is 1. The van der Waals surface area contributed by atoms with Gasteiger partial charge in [-0.2, -0.15) is 0 Å². The largest absolute Gasteiger partial charge is 0.493 e. The van der Waals surface area contributed by atoms with E-state index in [1.54, 1.807) is 0 Å². The molecule has 0 fully saturated rings. The van der Waals surface area contributed by atoms with Gasteiger partial charge in [-0.15, -0.1) is 0 Å². The van der Waals surface area contributed by atoms with E-state index in [1.165, 1.54) is 0 Å². The van der Waals surface area contributed by atoms with Crippen LogP contribution >= 0.6 is 0 Å². The molecule has 0 radical (unpaired) electrons. The van der Waals surface area contributed by atoms with Gasteiger partial charge in [0.1, 0.15) is 5.75 Å². The summed E-state index contributed by atoms with van der Waals surface area (Å²) in [6.07, 6.45) is 3.23. The van der Waals surface area contributed by atoms with Gasteiger partial charge in [0.25, 0.3) is 0 Å². The highest BCUT2D eigenvalue weighted by atomic mass is 16.5. The lowest BCUT2D eigenvalue weighted by molar-refractivity contribution is 0.0978. The summed E-state index contributed by atoms with van der Waals surface area (Å²) in [6, 6.07) is 13.5. The van der Waals surface area contributed by atoms with Gasteiger partial charge in [0.2, 0.25) is 0 Å². The third-order valence-electron chi connectivity index (χ3n) is 3.85. The topological polar surface area (TPSA) is 52.3 Å². The third kappa shape index (κ3) is 3.07. The first-order chi connectivity index (χ1) is 10.2. The van der Waals surface area contributed by atoms with Gasteiger partial charge in [0, 0.05) is 12.1 Å². The van der Waals surface area contributed by atoms with Crippen molar-refractivity contribution in [1.82, 2.24) is 0 Å². The summed E-state index contributed by atoms with van der Waals surface area (Å²) < 4.78 is 5.71. The molecule has 0 aromatic heterocycles. The van der Waals surface area contributed by atoms with Crippen LogP contribution in [0.2, 0.25) is 0 Å². The number of benzene rings is 2. The SMILES string of the molecule is Nc1ccc(CCC(=O)c2cccc3c2OCCC3)cc1. The molecule has 2 aromatic rings. The molecule has 3 nitrogen and oxygen atoms in total. The lowest BCUT2D eigenvalue weighted by atomic mass is 9.97. The fourth-order valence-corrected chi connectivity index (χ4v) is 2.69. The molecule has 0 bridgehead atoms. The minimum absolute atomic E-state index is 0.144. The number of hydrogen-bond donors (Lipinski definition) is 1. The second-order valence-corrected chi connectivity index (χ2v) is 5.41. The first-order valence-electron chi connectivity index (χ1n) is 7.36. The number of aryl methyl sites for hydroxylation is 2. The molecule has 0 atom stereocenters. The van der Waals surface area contributed by atoms with Gasteiger partial charge in [-0.3, -0.25) is 4.79 Å². The van der Waals surface area contributed by atoms with Crippen LogP contribution in [0.3, 0.4) is 0 Å². The highest BCUT2D eigenvalue weighted by molar-refractivity contribution is 5.99. The number of hydrogen-bond acceptors (Lipinski definition) is 3. The number of nitrogens with two attached hydrogens (primary N) is 1. The van der Waals surface area contributed by atoms with Crippen LogP contribution < -0.4 is 10.5 Å². The maximum Gasteiger partial charge on any atom is 0.166 e. The standard InChI is InChI=1S/C18H19NO2/c19-15-9-6-13(7-10-15)8-11-17(20)16-5-1-3-14-4-2-12-21-18(14)16/h1,3,5-7,9-10H,2,4,8,11-12,19H2. The van der Waals surface area contributed by atoms with Crippen molar-refractivity contribution in [2.45, 2.75) is 25.7 Å². The van der Waals surface area contributed by atoms with Crippen molar-refractivity contribution in [3.05, 3.63) is 59.2 Å². The maximum atomic E-state index is 12.5. The predicted octanol–water partition coefficient (Wildman–Crippen LogP) is 3.41. The molecule has 1 aliphatic rings. The van der Waals surface area contributed by atoms with Gasteiger partial charge in [-0.05, 0) is 48.6 Å². The summed E-state index contributed by atoms with van der Waals surface area (Å²) in [5, 5.41) is 0. The number of ketones is 1. The number of para-hydroxylation sites is 1. The van der Waals surface area contributed by atoms with Crippen LogP contribution in [0.25, 0.3) is 0 Å². The van der Waals surface area contributed by atoms with Crippen LogP contribution in [0, 0.1) is 0 Å². The van der Waals surface area contributed by atoms with Gasteiger partial charge in [-0.25, -0.2) is 0 Å². The molecule has 1 aliphatic heterocycles. The summed E-state index contributed by atoms with van der Waals surface area (Å²) in [7, 11) is 0. The zero-order valence-corrected chi connectivity index (χ0v) is 12.0. The number of Topliss-reactive ketones (excluding diaryl/α,β-unsaturated/α-hetero) is 1. The molecule has 21 heavy (non-hydrogen) atoms. The first-order valence-corrected chi connectivity index (χ1v) is 7.36. The Bertz CT molecular complexity index is 647. The smallest absolute Gasteiger partial charge is 0.166 e. The summed E-state index contributed by atoms with van der Waals surface area (Å²) >= 11 is 0. The Morgan fingerprint density at radius 1 is 1.14 bits per heavy atom. The zero-order chi connectivity index (χ0) is 14.7. The quantitative estimate of drug-likeness (QED) is 0.690. The Morgan fingerprint density at radius 2 is 1.95 bits per heavy atom. The molecule has 3 rings (SSSR count). The summed E-state index contributed by atoms with van der Waals surface area (Å²) in [6.45, 7) is 0.704. The van der Waals surface area contributed by atoms with E-state index in [-0.39, 0.29) is 5.78 Å². The number of anilines is 1. The molecule has 0 spiro atoms. The highest BCUT2D eigenvalue weighted by Crippen LogP contribution is 2.30. The molecule has 1 heterocycles. The maximum absolute atomic E-state index is 12.5. The molecule has 108 valence electrons. The van der Waals surface area contributed by atoms with Crippen molar-refractivity contribution in [1.29, 1.82) is 0 Å². The average molecular weight is 281 g/mol. The van der Waals surface area contributed by atoms with Crippen LogP contribution in [0.4, 0.5) is 5.69 Å². The van der Waals surface area contributed by atoms with E-state index in [9.17, 15) is 4.79 Å². The van der Waals surface area contributed by atoms with Gasteiger partial charge >= 0.3 is 0 Å². The van der Waals surface area contributed by atoms with Crippen molar-refractivity contribution in [2.24, 2.45) is 0 Å². The van der Waals surface area contributed by atoms with Gasteiger partial charge in [0.15, 0.2) is 5.78 Å². The molecule has 0 saturated carbocycles. The third-order valence-corrected chi connectivity index (χ3v) is 3.85. The van der Waals surface area contributed by atoms with Gasteiger partial charge < -0.3 is 10.5 Å². The number of ether oxygens (including phenoxy) is 1. The summed E-state index contributed by atoms with van der Waals surface area (Å²) in [5.41, 5.74) is 9.42.